The largest absolute Gasteiger partial charge is 0.457 e. The van der Waals surface area contributed by atoms with Gasteiger partial charge in [-0.3, -0.25) is 10.0 Å². The van der Waals surface area contributed by atoms with Gasteiger partial charge in [-0.25, -0.2) is 5.48 Å². The van der Waals surface area contributed by atoms with Gasteiger partial charge in [-0.1, -0.05) is 5.37 Å². The van der Waals surface area contributed by atoms with Gasteiger partial charge in [0.15, 0.2) is 0 Å². The van der Waals surface area contributed by atoms with Crippen molar-refractivity contribution in [3.05, 3.63) is 48.5 Å². The number of ether oxygens (including phenoxy) is 2. The molecule has 2 N–H and O–H groups in total. The lowest BCUT2D eigenvalue weighted by molar-refractivity contribution is -0.134. The number of carbonyl (C=O) groups excluding carboxylic acids is 1. The molecule has 1 atom stereocenters. The first-order valence-electron chi connectivity index (χ1n) is 9.46. The molecule has 168 valence electrons. The van der Waals surface area contributed by atoms with Crippen molar-refractivity contribution in [1.82, 2.24) is 5.48 Å². The van der Waals surface area contributed by atoms with Crippen LogP contribution in [0, 0.1) is 0 Å². The summed E-state index contributed by atoms with van der Waals surface area (Å²) >= 11 is -0.177. The van der Waals surface area contributed by atoms with Crippen molar-refractivity contribution in [1.29, 1.82) is 0 Å². The minimum absolute atomic E-state index is 0.0849. The van der Waals surface area contributed by atoms with Gasteiger partial charge >= 0.3 is 5.51 Å². The number of amides is 1. The SMILES string of the molecule is C/C=S(/c1ccc(Oc2ccc(SC(F)(F)F)cc2)cc1)C1(C(=O)NO)CCOCC1. The lowest BCUT2D eigenvalue weighted by Gasteiger charge is -2.38. The summed E-state index contributed by atoms with van der Waals surface area (Å²) in [6.45, 7) is 2.76. The van der Waals surface area contributed by atoms with E-state index in [9.17, 15) is 23.2 Å². The molecule has 1 fully saturated rings. The van der Waals surface area contributed by atoms with Crippen molar-refractivity contribution in [3.8, 4) is 11.5 Å². The van der Waals surface area contributed by atoms with Crippen LogP contribution in [0.4, 0.5) is 13.2 Å². The molecule has 2 aromatic carbocycles. The normalized spacial score (nSPS) is 17.2. The molecule has 31 heavy (non-hydrogen) atoms. The molecule has 0 radical (unpaired) electrons. The quantitative estimate of drug-likeness (QED) is 0.248. The van der Waals surface area contributed by atoms with E-state index in [4.69, 9.17) is 9.47 Å². The van der Waals surface area contributed by atoms with Gasteiger partial charge in [0.05, 0.1) is 4.75 Å². The maximum Gasteiger partial charge on any atom is 0.446 e. The highest BCUT2D eigenvalue weighted by Crippen LogP contribution is 2.47. The Labute approximate surface area is 184 Å². The van der Waals surface area contributed by atoms with Gasteiger partial charge < -0.3 is 9.47 Å². The Morgan fingerprint density at radius 2 is 1.68 bits per heavy atom. The van der Waals surface area contributed by atoms with Gasteiger partial charge in [0.25, 0.3) is 5.91 Å². The van der Waals surface area contributed by atoms with Gasteiger partial charge in [0, 0.05) is 23.0 Å². The summed E-state index contributed by atoms with van der Waals surface area (Å²) in [6.07, 6.45) is 0.987. The maximum absolute atomic E-state index is 12.6. The average Bonchev–Trinajstić information content (AvgIpc) is 2.76. The van der Waals surface area contributed by atoms with Crippen molar-refractivity contribution < 1.29 is 32.6 Å². The Bertz CT molecular complexity index is 925. The molecule has 0 aliphatic carbocycles. The highest BCUT2D eigenvalue weighted by atomic mass is 32.2. The fourth-order valence-corrected chi connectivity index (χ4v) is 6.43. The molecule has 1 unspecified atom stereocenters. The van der Waals surface area contributed by atoms with Crippen molar-refractivity contribution in [3.63, 3.8) is 0 Å². The number of hydroxylamine groups is 1. The lowest BCUT2D eigenvalue weighted by Crippen LogP contribution is -2.48. The zero-order valence-electron chi connectivity index (χ0n) is 16.6. The second-order valence-electron chi connectivity index (χ2n) is 6.71. The molecule has 5 nitrogen and oxygen atoms in total. The van der Waals surface area contributed by atoms with Gasteiger partial charge in [-0.05, 0) is 80.1 Å². The van der Waals surface area contributed by atoms with Crippen LogP contribution in [0.1, 0.15) is 19.8 Å². The van der Waals surface area contributed by atoms with Crippen molar-refractivity contribution >= 4 is 33.5 Å². The zero-order chi connectivity index (χ0) is 22.5. The number of alkyl halides is 3. The monoisotopic (exact) mass is 473 g/mol. The molecule has 2 aromatic rings. The average molecular weight is 474 g/mol. The Morgan fingerprint density at radius 1 is 1.13 bits per heavy atom. The topological polar surface area (TPSA) is 67.8 Å². The van der Waals surface area contributed by atoms with E-state index in [0.29, 0.717) is 37.6 Å². The summed E-state index contributed by atoms with van der Waals surface area (Å²) < 4.78 is 47.7. The molecule has 1 aliphatic heterocycles. The lowest BCUT2D eigenvalue weighted by atomic mass is 9.98. The number of benzene rings is 2. The first-order valence-corrected chi connectivity index (χ1v) is 11.6. The summed E-state index contributed by atoms with van der Waals surface area (Å²) in [6, 6.07) is 12.9. The maximum atomic E-state index is 12.6. The molecule has 0 bridgehead atoms. The van der Waals surface area contributed by atoms with E-state index in [2.05, 4.69) is 0 Å². The Kier molecular flexibility index (Phi) is 7.68. The molecule has 1 aliphatic rings. The van der Waals surface area contributed by atoms with E-state index in [-0.39, 0.29) is 16.7 Å². The van der Waals surface area contributed by atoms with Crippen LogP contribution < -0.4 is 10.2 Å². The zero-order valence-corrected chi connectivity index (χ0v) is 18.3. The highest BCUT2D eigenvalue weighted by Gasteiger charge is 2.43. The molecule has 0 spiro atoms. The Hall–Kier alpha value is -2.01. The molecule has 1 saturated heterocycles. The molecular formula is C21H22F3NO4S2. The van der Waals surface area contributed by atoms with Gasteiger partial charge in [0.2, 0.25) is 0 Å². The fourth-order valence-electron chi connectivity index (χ4n) is 3.44. The first-order chi connectivity index (χ1) is 14.8. The molecular weight excluding hydrogens is 451 g/mol. The standard InChI is InChI=1S/C21H22F3NO4S2/c1-2-31(20(19(26)25-27)11-13-28-14-12-20)18-9-5-16(6-10-18)29-15-3-7-17(8-4-15)30-21(22,23)24/h2-10,27H,11-14H2,1H3,(H,25,26). The molecule has 10 heteroatoms. The first kappa shape index (κ1) is 23.6. The van der Waals surface area contributed by atoms with Crippen LogP contribution in [0.3, 0.4) is 0 Å². The number of rotatable bonds is 6. The van der Waals surface area contributed by atoms with E-state index < -0.39 is 26.6 Å². The van der Waals surface area contributed by atoms with E-state index in [0.717, 1.165) is 4.90 Å². The predicted octanol–water partition coefficient (Wildman–Crippen LogP) is 5.60. The summed E-state index contributed by atoms with van der Waals surface area (Å²) in [5.74, 6) is 0.516. The van der Waals surface area contributed by atoms with Crippen LogP contribution in [0.5, 0.6) is 11.5 Å². The summed E-state index contributed by atoms with van der Waals surface area (Å²) in [4.78, 5) is 13.6. The third kappa shape index (κ3) is 5.82. The Balaban J connectivity index is 1.76. The number of hydrogen-bond donors (Lipinski definition) is 2. The van der Waals surface area contributed by atoms with Crippen LogP contribution >= 0.6 is 22.2 Å². The Morgan fingerprint density at radius 3 is 2.16 bits per heavy atom. The second kappa shape index (κ2) is 10.1. The second-order valence-corrected chi connectivity index (χ2v) is 10.3. The van der Waals surface area contributed by atoms with Gasteiger partial charge in [-0.15, -0.1) is 10.5 Å². The van der Waals surface area contributed by atoms with Crippen LogP contribution in [-0.4, -0.2) is 40.0 Å². The van der Waals surface area contributed by atoms with Crippen LogP contribution in [0.15, 0.2) is 58.3 Å². The summed E-state index contributed by atoms with van der Waals surface area (Å²) in [5.41, 5.74) is -2.51. The number of hydrogen-bond acceptors (Lipinski definition) is 5. The molecule has 1 heterocycles. The van der Waals surface area contributed by atoms with E-state index >= 15 is 0 Å². The van der Waals surface area contributed by atoms with Crippen molar-refractivity contribution in [2.24, 2.45) is 0 Å². The summed E-state index contributed by atoms with van der Waals surface area (Å²) in [7, 11) is -0.579. The van der Waals surface area contributed by atoms with Crippen LogP contribution in [0.2, 0.25) is 0 Å². The predicted molar refractivity (Wildman–Crippen MR) is 115 cm³/mol. The van der Waals surface area contributed by atoms with E-state index in [1.54, 1.807) is 12.1 Å². The summed E-state index contributed by atoms with van der Waals surface area (Å²) in [5, 5.41) is 11.3. The molecule has 0 aromatic heterocycles. The van der Waals surface area contributed by atoms with Crippen molar-refractivity contribution in [2.45, 2.75) is 39.8 Å². The number of thioether (sulfide) groups is 1. The fraction of sp³-hybridized carbons (Fsp3) is 0.333. The molecule has 3 rings (SSSR count). The van der Waals surface area contributed by atoms with Crippen molar-refractivity contribution in [2.75, 3.05) is 13.2 Å². The third-order valence-electron chi connectivity index (χ3n) is 4.84. The number of nitrogens with one attached hydrogen (secondary N) is 1. The van der Waals surface area contributed by atoms with Gasteiger partial charge in [-0.2, -0.15) is 13.2 Å². The van der Waals surface area contributed by atoms with Gasteiger partial charge in [0.1, 0.15) is 11.5 Å². The van der Waals surface area contributed by atoms with Crippen LogP contribution in [0.25, 0.3) is 0 Å². The molecule has 1 amide bonds. The van der Waals surface area contributed by atoms with Crippen LogP contribution in [-0.2, 0) is 9.53 Å². The van der Waals surface area contributed by atoms with E-state index in [1.807, 2.05) is 29.9 Å². The minimum Gasteiger partial charge on any atom is -0.457 e. The number of halogens is 3. The number of carbonyl (C=O) groups is 1. The minimum atomic E-state index is -4.33. The third-order valence-corrected chi connectivity index (χ3v) is 8.27. The smallest absolute Gasteiger partial charge is 0.446 e. The molecule has 0 saturated carbocycles. The highest BCUT2D eigenvalue weighted by molar-refractivity contribution is 8.16. The van der Waals surface area contributed by atoms with E-state index in [1.165, 1.54) is 24.3 Å².